The maximum Gasteiger partial charge on any atom is 0.333 e. The third-order valence-electron chi connectivity index (χ3n) is 22.5. The molecular formula is C74H116O12. The van der Waals surface area contributed by atoms with Crippen LogP contribution in [0.2, 0.25) is 0 Å². The molecule has 12 heteroatoms. The zero-order chi connectivity index (χ0) is 61.2. The average Bonchev–Trinajstić information content (AvgIpc) is 1.84. The molecule has 7 rings (SSSR count). The standard InChI is InChI=1S/C74H116O12/c1-7-9-11-13-16-22-28-56-32-31-55(27-21-12-10-8-2)61(29-23-17-14-19-25-37-81-69(75)33-35-71(77)83-47-53-39-63-57-43-59(49-85-73(79)51(3)4)65(45-57)67(63)41-53)62(56)30-24-18-15-20-26-38-82-70(76)34-36-72(78)84-48-54-40-64-58-44-60(50-86-74(80)52(5)6)66(46-58)68(64)42-54/h33-36,53-68H,3,5,7-32,37-50H2,1-2,4,6H3/b35-33+,36-34+. The van der Waals surface area contributed by atoms with Gasteiger partial charge in [-0.3, -0.25) is 0 Å². The van der Waals surface area contributed by atoms with Crippen LogP contribution in [-0.4, -0.2) is 75.5 Å². The Kier molecular flexibility index (Phi) is 29.8. The first-order chi connectivity index (χ1) is 41.7. The summed E-state index contributed by atoms with van der Waals surface area (Å²) in [5.41, 5.74) is 0.881. The van der Waals surface area contributed by atoms with Gasteiger partial charge in [0.15, 0.2) is 0 Å². The molecule has 7 aliphatic rings. The Hall–Kier alpha value is -4.22. The van der Waals surface area contributed by atoms with E-state index in [1.165, 1.54) is 166 Å². The Morgan fingerprint density at radius 1 is 0.349 bits per heavy atom. The first-order valence-electron chi connectivity index (χ1n) is 35.4. The molecule has 4 bridgehead atoms. The summed E-state index contributed by atoms with van der Waals surface area (Å²) in [7, 11) is 0. The van der Waals surface area contributed by atoms with E-state index in [-0.39, 0.29) is 11.9 Å². The van der Waals surface area contributed by atoms with Crippen molar-refractivity contribution in [2.45, 2.75) is 246 Å². The fourth-order valence-electron chi connectivity index (χ4n) is 18.3. The zero-order valence-electron chi connectivity index (χ0n) is 54.1. The van der Waals surface area contributed by atoms with Gasteiger partial charge >= 0.3 is 35.8 Å². The maximum atomic E-state index is 12.6. The number of carbonyl (C=O) groups is 6. The Balaban J connectivity index is 0.753. The molecule has 12 nitrogen and oxygen atoms in total. The number of esters is 6. The molecule has 0 spiro atoms. The summed E-state index contributed by atoms with van der Waals surface area (Å²) >= 11 is 0. The van der Waals surface area contributed by atoms with Crippen molar-refractivity contribution in [3.05, 3.63) is 48.6 Å². The molecule has 7 saturated carbocycles. The van der Waals surface area contributed by atoms with Crippen LogP contribution in [0, 0.1) is 94.7 Å². The van der Waals surface area contributed by atoms with Crippen LogP contribution < -0.4 is 0 Å². The molecule has 0 aromatic carbocycles. The molecular weight excluding hydrogens is 1080 g/mol. The van der Waals surface area contributed by atoms with Crippen LogP contribution in [0.4, 0.5) is 0 Å². The van der Waals surface area contributed by atoms with Crippen LogP contribution >= 0.6 is 0 Å². The third kappa shape index (κ3) is 21.8. The van der Waals surface area contributed by atoms with Crippen molar-refractivity contribution < 1.29 is 57.2 Å². The van der Waals surface area contributed by atoms with Gasteiger partial charge in [0, 0.05) is 35.5 Å². The third-order valence-corrected chi connectivity index (χ3v) is 22.5. The lowest BCUT2D eigenvalue weighted by Crippen LogP contribution is -2.35. The lowest BCUT2D eigenvalue weighted by atomic mass is 9.61. The molecule has 16 atom stereocenters. The topological polar surface area (TPSA) is 158 Å². The van der Waals surface area contributed by atoms with Gasteiger partial charge in [-0.1, -0.05) is 155 Å². The van der Waals surface area contributed by atoms with E-state index < -0.39 is 23.9 Å². The van der Waals surface area contributed by atoms with E-state index >= 15 is 0 Å². The summed E-state index contributed by atoms with van der Waals surface area (Å²) in [4.78, 5) is 74.3. The smallest absolute Gasteiger partial charge is 0.333 e. The Morgan fingerprint density at radius 2 is 0.686 bits per heavy atom. The Labute approximate surface area is 519 Å². The molecule has 0 saturated heterocycles. The van der Waals surface area contributed by atoms with Crippen LogP contribution in [0.25, 0.3) is 0 Å². The van der Waals surface area contributed by atoms with Crippen molar-refractivity contribution in [3.63, 3.8) is 0 Å². The molecule has 7 fully saturated rings. The minimum Gasteiger partial charge on any atom is -0.463 e. The molecule has 0 amide bonds. The highest BCUT2D eigenvalue weighted by atomic mass is 16.6. The summed E-state index contributed by atoms with van der Waals surface area (Å²) in [5.74, 6) is 7.20. The number of fused-ring (bicyclic) bond motifs is 10. The highest BCUT2D eigenvalue weighted by Crippen LogP contribution is 2.63. The van der Waals surface area contributed by atoms with Crippen LogP contribution in [0.5, 0.6) is 0 Å². The van der Waals surface area contributed by atoms with Crippen LogP contribution in [0.3, 0.4) is 0 Å². The predicted octanol–water partition coefficient (Wildman–Crippen LogP) is 16.8. The Morgan fingerprint density at radius 3 is 1.08 bits per heavy atom. The number of hydrogen-bond acceptors (Lipinski definition) is 12. The van der Waals surface area contributed by atoms with Crippen LogP contribution in [0.15, 0.2) is 48.6 Å². The molecule has 0 aliphatic heterocycles. The molecule has 0 N–H and O–H groups in total. The molecule has 0 heterocycles. The van der Waals surface area contributed by atoms with Crippen LogP contribution in [-0.2, 0) is 57.2 Å². The number of carbonyl (C=O) groups excluding carboxylic acids is 6. The van der Waals surface area contributed by atoms with E-state index in [1.54, 1.807) is 13.8 Å². The number of ether oxygens (including phenoxy) is 6. The van der Waals surface area contributed by atoms with Gasteiger partial charge in [-0.2, -0.15) is 0 Å². The molecule has 7 aliphatic carbocycles. The summed E-state index contributed by atoms with van der Waals surface area (Å²) in [5, 5.41) is 0. The molecule has 0 radical (unpaired) electrons. The summed E-state index contributed by atoms with van der Waals surface area (Å²) < 4.78 is 33.3. The lowest BCUT2D eigenvalue weighted by molar-refractivity contribution is -0.142. The summed E-state index contributed by atoms with van der Waals surface area (Å²) in [6.45, 7) is 17.8. The molecule has 16 unspecified atom stereocenters. The second-order valence-electron chi connectivity index (χ2n) is 28.6. The van der Waals surface area contributed by atoms with Crippen molar-refractivity contribution >= 4 is 35.8 Å². The minimum absolute atomic E-state index is 0.304. The minimum atomic E-state index is -0.496. The van der Waals surface area contributed by atoms with Crippen LogP contribution in [0.1, 0.15) is 246 Å². The second-order valence-corrected chi connectivity index (χ2v) is 28.6. The zero-order valence-corrected chi connectivity index (χ0v) is 54.1. The number of hydrogen-bond donors (Lipinski definition) is 0. The van der Waals surface area contributed by atoms with E-state index in [0.717, 1.165) is 101 Å². The van der Waals surface area contributed by atoms with Crippen molar-refractivity contribution in [1.82, 2.24) is 0 Å². The summed E-state index contributed by atoms with van der Waals surface area (Å²) in [6.07, 6.45) is 46.2. The van der Waals surface area contributed by atoms with E-state index in [0.29, 0.717) is 122 Å². The molecule has 0 aromatic rings. The van der Waals surface area contributed by atoms with E-state index in [2.05, 4.69) is 27.0 Å². The average molecular weight is 1200 g/mol. The molecule has 86 heavy (non-hydrogen) atoms. The van der Waals surface area contributed by atoms with Gasteiger partial charge in [0.25, 0.3) is 0 Å². The number of rotatable bonds is 42. The lowest BCUT2D eigenvalue weighted by Gasteiger charge is -2.44. The van der Waals surface area contributed by atoms with Crippen molar-refractivity contribution in [2.75, 3.05) is 39.6 Å². The summed E-state index contributed by atoms with van der Waals surface area (Å²) in [6, 6.07) is 0. The van der Waals surface area contributed by atoms with Gasteiger partial charge in [-0.05, 0) is 198 Å². The van der Waals surface area contributed by atoms with E-state index in [9.17, 15) is 28.8 Å². The molecule has 0 aromatic heterocycles. The largest absolute Gasteiger partial charge is 0.463 e. The van der Waals surface area contributed by atoms with Crippen molar-refractivity contribution in [1.29, 1.82) is 0 Å². The maximum absolute atomic E-state index is 12.6. The SMILES string of the molecule is C=C(C)C(=O)OCC1CC2CC1C1CC(COC(=O)/C=C/C(=O)OCCCCCCCC3C(CCCCCC)CCC(CCCCCCCC)C3CCCCCCCOC(=O)/C=C/C(=O)OCC3CC4C5CC(COC(=O)C(=C)C)C(C5)C4C3)CC21. The second kappa shape index (κ2) is 37.1. The highest BCUT2D eigenvalue weighted by Gasteiger charge is 2.57. The monoisotopic (exact) mass is 1200 g/mol. The van der Waals surface area contributed by atoms with Crippen molar-refractivity contribution in [3.8, 4) is 0 Å². The first-order valence-corrected chi connectivity index (χ1v) is 35.4. The Bertz CT molecular complexity index is 2210. The van der Waals surface area contributed by atoms with E-state index in [4.69, 9.17) is 28.4 Å². The predicted molar refractivity (Wildman–Crippen MR) is 338 cm³/mol. The fraction of sp³-hybridized carbons (Fsp3) is 0.811. The fourth-order valence-corrected chi connectivity index (χ4v) is 18.3. The van der Waals surface area contributed by atoms with Gasteiger partial charge in [0.05, 0.1) is 39.6 Å². The van der Waals surface area contributed by atoms with Gasteiger partial charge in [-0.15, -0.1) is 0 Å². The normalized spacial score (nSPS) is 30.4. The van der Waals surface area contributed by atoms with Gasteiger partial charge in [-0.25, -0.2) is 28.8 Å². The highest BCUT2D eigenvalue weighted by molar-refractivity contribution is 5.92. The quantitative estimate of drug-likeness (QED) is 0.0247. The van der Waals surface area contributed by atoms with Gasteiger partial charge in [0.2, 0.25) is 0 Å². The molecule has 484 valence electrons. The van der Waals surface area contributed by atoms with Gasteiger partial charge in [0.1, 0.15) is 0 Å². The van der Waals surface area contributed by atoms with Gasteiger partial charge < -0.3 is 28.4 Å². The first kappa shape index (κ1) is 69.3. The number of unbranched alkanes of at least 4 members (excludes halogenated alkanes) is 16. The van der Waals surface area contributed by atoms with Crippen molar-refractivity contribution in [2.24, 2.45) is 94.7 Å². The van der Waals surface area contributed by atoms with E-state index in [1.807, 2.05) is 0 Å².